The number of benzene rings is 3. The number of carboxylic acids is 1. The Morgan fingerprint density at radius 2 is 1.93 bits per heavy atom. The highest BCUT2D eigenvalue weighted by Gasteiger charge is 2.35. The highest BCUT2D eigenvalue weighted by atomic mass is 32.3. The van der Waals surface area contributed by atoms with Gasteiger partial charge in [-0.05, 0) is 66.3 Å². The largest absolute Gasteiger partial charge is 0.487 e. The molecular formula is C29H35N5O5S. The minimum Gasteiger partial charge on any atom is -0.487 e. The van der Waals surface area contributed by atoms with Gasteiger partial charge >= 0.3 is 5.97 Å². The van der Waals surface area contributed by atoms with Crippen molar-refractivity contribution in [3.63, 3.8) is 0 Å². The van der Waals surface area contributed by atoms with Crippen molar-refractivity contribution >= 4 is 27.8 Å². The van der Waals surface area contributed by atoms with Gasteiger partial charge in [0.25, 0.3) is 0 Å². The average molecular weight is 566 g/mol. The van der Waals surface area contributed by atoms with E-state index in [9.17, 15) is 19.0 Å². The van der Waals surface area contributed by atoms with E-state index in [1.807, 2.05) is 57.2 Å². The van der Waals surface area contributed by atoms with Crippen molar-refractivity contribution in [2.24, 2.45) is 12.8 Å². The Bertz CT molecular complexity index is 1570. The van der Waals surface area contributed by atoms with Crippen LogP contribution in [0.3, 0.4) is 0 Å². The van der Waals surface area contributed by atoms with E-state index in [1.165, 1.54) is 0 Å². The monoisotopic (exact) mass is 565 g/mol. The Morgan fingerprint density at radius 1 is 1.18 bits per heavy atom. The zero-order valence-corrected chi connectivity index (χ0v) is 23.8. The molecule has 0 saturated heterocycles. The molecule has 2 heterocycles. The van der Waals surface area contributed by atoms with Crippen LogP contribution < -0.4 is 10.5 Å². The first-order valence-corrected chi connectivity index (χ1v) is 14.7. The van der Waals surface area contributed by atoms with Crippen molar-refractivity contribution in [1.29, 1.82) is 0 Å². The van der Waals surface area contributed by atoms with Crippen LogP contribution in [0.2, 0.25) is 0 Å². The van der Waals surface area contributed by atoms with Gasteiger partial charge < -0.3 is 15.6 Å². The van der Waals surface area contributed by atoms with Gasteiger partial charge in [-0.15, -0.1) is 15.9 Å². The van der Waals surface area contributed by atoms with E-state index >= 15 is 0 Å². The van der Waals surface area contributed by atoms with Crippen LogP contribution in [0.4, 0.5) is 0 Å². The molecule has 212 valence electrons. The summed E-state index contributed by atoms with van der Waals surface area (Å²) in [6.07, 6.45) is 0.465. The second-order valence-electron chi connectivity index (χ2n) is 10.3. The minimum atomic E-state index is -3.35. The Balaban J connectivity index is 1.58. The number of carboxylic acid groups (broad SMARTS) is 1. The van der Waals surface area contributed by atoms with E-state index in [0.29, 0.717) is 29.1 Å². The summed E-state index contributed by atoms with van der Waals surface area (Å²) in [6, 6.07) is 15.3. The molecule has 0 aliphatic carbocycles. The molecule has 40 heavy (non-hydrogen) atoms. The Morgan fingerprint density at radius 3 is 2.65 bits per heavy atom. The van der Waals surface area contributed by atoms with E-state index in [4.69, 9.17) is 10.5 Å². The predicted octanol–water partition coefficient (Wildman–Crippen LogP) is 4.83. The van der Waals surface area contributed by atoms with Crippen LogP contribution in [0.15, 0.2) is 59.5 Å². The minimum absolute atomic E-state index is 0.229. The molecule has 1 aromatic heterocycles. The SMILES string of the molecule is CC[C@@H]1CN(Cc2cc(C(c3ccc4c(nnn4C)c3C)C(N)C(=O)O)ccc2C)S(O)(O)c2ccccc2O1. The maximum Gasteiger partial charge on any atom is 0.321 e. The molecule has 5 rings (SSSR count). The third-order valence-electron chi connectivity index (χ3n) is 7.80. The van der Waals surface area contributed by atoms with Gasteiger partial charge in [-0.1, -0.05) is 48.5 Å². The summed E-state index contributed by atoms with van der Waals surface area (Å²) in [6.45, 7) is 6.40. The van der Waals surface area contributed by atoms with Crippen molar-refractivity contribution in [3.05, 3.63) is 82.4 Å². The van der Waals surface area contributed by atoms with Crippen LogP contribution in [-0.4, -0.2) is 58.2 Å². The topological polar surface area (TPSA) is 147 Å². The summed E-state index contributed by atoms with van der Waals surface area (Å²) < 4.78 is 32.4. The molecular weight excluding hydrogens is 530 g/mol. The van der Waals surface area contributed by atoms with Crippen LogP contribution in [0, 0.1) is 13.8 Å². The lowest BCUT2D eigenvalue weighted by atomic mass is 9.82. The summed E-state index contributed by atoms with van der Waals surface area (Å²) in [7, 11) is -1.54. The second-order valence-corrected chi connectivity index (χ2v) is 12.3. The molecule has 1 aliphatic heterocycles. The van der Waals surface area contributed by atoms with E-state index in [1.54, 1.807) is 34.2 Å². The van der Waals surface area contributed by atoms with Crippen molar-refractivity contribution in [2.45, 2.75) is 56.7 Å². The van der Waals surface area contributed by atoms with E-state index < -0.39 is 28.7 Å². The zero-order chi connectivity index (χ0) is 28.8. The number of hydrogen-bond acceptors (Lipinski definition) is 8. The molecule has 4 aromatic rings. The molecule has 11 heteroatoms. The van der Waals surface area contributed by atoms with Crippen molar-refractivity contribution in [2.75, 3.05) is 6.54 Å². The van der Waals surface area contributed by atoms with Gasteiger partial charge in [0.2, 0.25) is 0 Å². The lowest BCUT2D eigenvalue weighted by Gasteiger charge is -2.42. The smallest absolute Gasteiger partial charge is 0.321 e. The molecule has 0 saturated carbocycles. The normalized spacial score (nSPS) is 19.3. The number of aryl methyl sites for hydroxylation is 3. The number of aromatic nitrogens is 3. The Hall–Kier alpha value is -3.48. The van der Waals surface area contributed by atoms with Gasteiger partial charge in [0.15, 0.2) is 0 Å². The van der Waals surface area contributed by atoms with Gasteiger partial charge in [0.1, 0.15) is 28.3 Å². The molecule has 2 unspecified atom stereocenters. The number of para-hydroxylation sites is 1. The summed E-state index contributed by atoms with van der Waals surface area (Å²) in [5.41, 5.74) is 11.9. The fourth-order valence-electron chi connectivity index (χ4n) is 5.38. The third-order valence-corrected chi connectivity index (χ3v) is 9.72. The molecule has 3 atom stereocenters. The molecule has 1 aliphatic rings. The van der Waals surface area contributed by atoms with Crippen LogP contribution in [0.25, 0.3) is 11.0 Å². The fourth-order valence-corrected chi connectivity index (χ4v) is 7.00. The highest BCUT2D eigenvalue weighted by molar-refractivity contribution is 8.22. The Kier molecular flexibility index (Phi) is 7.60. The number of hydrogen-bond donors (Lipinski definition) is 4. The summed E-state index contributed by atoms with van der Waals surface area (Å²) >= 11 is 0. The van der Waals surface area contributed by atoms with E-state index in [-0.39, 0.29) is 12.6 Å². The van der Waals surface area contributed by atoms with Crippen LogP contribution in [0.1, 0.15) is 47.1 Å². The molecule has 10 nitrogen and oxygen atoms in total. The maximum absolute atomic E-state index is 12.2. The number of carbonyl (C=O) groups is 1. The van der Waals surface area contributed by atoms with Crippen molar-refractivity contribution in [3.8, 4) is 5.75 Å². The predicted molar refractivity (Wildman–Crippen MR) is 155 cm³/mol. The molecule has 0 amide bonds. The number of rotatable bonds is 7. The summed E-state index contributed by atoms with van der Waals surface area (Å²) in [5.74, 6) is -1.31. The quantitative estimate of drug-likeness (QED) is 0.247. The van der Waals surface area contributed by atoms with E-state index in [0.717, 1.165) is 33.3 Å². The zero-order valence-electron chi connectivity index (χ0n) is 23.0. The van der Waals surface area contributed by atoms with Crippen LogP contribution in [-0.2, 0) is 18.4 Å². The van der Waals surface area contributed by atoms with Gasteiger partial charge in [-0.2, -0.15) is 4.31 Å². The van der Waals surface area contributed by atoms with Gasteiger partial charge in [0.05, 0.1) is 12.1 Å². The fraction of sp³-hybridized carbons (Fsp3) is 0.345. The summed E-state index contributed by atoms with van der Waals surface area (Å²) in [5, 5.41) is 18.4. The Labute approximate surface area is 234 Å². The first-order valence-electron chi connectivity index (χ1n) is 13.2. The second kappa shape index (κ2) is 10.8. The lowest BCUT2D eigenvalue weighted by molar-refractivity contribution is -0.138. The standard InChI is InChI=1S/C29H35N5O5S/c1-5-21-16-34(40(37,38)25-9-7-6-8-24(25)39-21)15-20-14-19(11-10-17(20)2)26(27(30)29(35)36)22-12-13-23-28(18(22)3)31-32-33(23)4/h6-14,21,26-27,37-38H,5,15-16,30H2,1-4H3,(H,35,36)/t21-,26?,27?/m1/s1. The first-order chi connectivity index (χ1) is 19.0. The molecule has 0 spiro atoms. The first kappa shape index (κ1) is 28.1. The number of fused-ring (bicyclic) bond motifs is 2. The van der Waals surface area contributed by atoms with Gasteiger partial charge in [-0.25, -0.2) is 4.68 Å². The highest BCUT2D eigenvalue weighted by Crippen LogP contribution is 2.57. The van der Waals surface area contributed by atoms with Crippen LogP contribution in [0.5, 0.6) is 5.75 Å². The van der Waals surface area contributed by atoms with Gasteiger partial charge in [0, 0.05) is 19.5 Å². The molecule has 0 radical (unpaired) electrons. The van der Waals surface area contributed by atoms with Gasteiger partial charge in [-0.3, -0.25) is 13.9 Å². The van der Waals surface area contributed by atoms with Crippen molar-refractivity contribution in [1.82, 2.24) is 19.3 Å². The molecule has 0 bridgehead atoms. The number of nitrogens with zero attached hydrogens (tertiary/aromatic N) is 4. The molecule has 3 aromatic carbocycles. The molecule has 0 fully saturated rings. The summed E-state index contributed by atoms with van der Waals surface area (Å²) in [4.78, 5) is 12.6. The van der Waals surface area contributed by atoms with Crippen LogP contribution >= 0.6 is 10.8 Å². The lowest BCUT2D eigenvalue weighted by Crippen LogP contribution is -2.37. The van der Waals surface area contributed by atoms with Crippen molar-refractivity contribution < 1.29 is 23.7 Å². The van der Waals surface area contributed by atoms with E-state index in [2.05, 4.69) is 10.3 Å². The average Bonchev–Trinajstić information content (AvgIpc) is 3.27. The maximum atomic E-state index is 12.2. The number of ether oxygens (including phenoxy) is 1. The third kappa shape index (κ3) is 4.95. The number of aliphatic carboxylic acids is 1. The molecule has 5 N–H and O–H groups in total. The number of nitrogens with two attached hydrogens (primary N) is 1.